The highest BCUT2D eigenvalue weighted by molar-refractivity contribution is 5.96. The van der Waals surface area contributed by atoms with E-state index in [4.69, 9.17) is 21.4 Å². The van der Waals surface area contributed by atoms with Gasteiger partial charge >= 0.3 is 0 Å². The fourth-order valence-corrected chi connectivity index (χ4v) is 5.13. The Labute approximate surface area is 220 Å². The van der Waals surface area contributed by atoms with Crippen LogP contribution in [-0.4, -0.2) is 31.8 Å². The third-order valence-electron chi connectivity index (χ3n) is 7.31. The van der Waals surface area contributed by atoms with Gasteiger partial charge in [-0.1, -0.05) is 0 Å². The Balaban J connectivity index is 1.84. The molecule has 0 aliphatic carbocycles. The molecule has 5 rings (SSSR count). The predicted molar refractivity (Wildman–Crippen MR) is 152 cm³/mol. The van der Waals surface area contributed by atoms with Gasteiger partial charge in [-0.3, -0.25) is 9.59 Å². The van der Waals surface area contributed by atoms with Crippen LogP contribution in [0.25, 0.3) is 44.4 Å². The summed E-state index contributed by atoms with van der Waals surface area (Å²) in [6, 6.07) is 12.3. The monoisotopic (exact) mass is 508 g/mol. The lowest BCUT2D eigenvalue weighted by atomic mass is 9.98. The number of H-pyrrole nitrogens is 2. The minimum Gasteiger partial charge on any atom is -0.370 e. The van der Waals surface area contributed by atoms with Crippen LogP contribution in [0.3, 0.4) is 0 Å². The molecule has 3 aromatic rings. The van der Waals surface area contributed by atoms with E-state index in [1.807, 2.05) is 32.0 Å². The van der Waals surface area contributed by atoms with Gasteiger partial charge in [-0.15, -0.1) is 0 Å². The zero-order valence-corrected chi connectivity index (χ0v) is 22.2. The van der Waals surface area contributed by atoms with Crippen molar-refractivity contribution >= 4 is 56.2 Å². The molecule has 0 aromatic carbocycles. The highest BCUT2D eigenvalue weighted by Gasteiger charge is 2.21. The second-order valence-electron chi connectivity index (χ2n) is 10.1. The molecule has 0 atom stereocenters. The molecule has 6 N–H and O–H groups in total. The Morgan fingerprint density at radius 3 is 1.58 bits per heavy atom. The molecule has 8 nitrogen and oxygen atoms in total. The maximum Gasteiger partial charge on any atom is 0.217 e. The summed E-state index contributed by atoms with van der Waals surface area (Å²) in [5, 5.41) is 0. The van der Waals surface area contributed by atoms with Crippen LogP contribution in [0.15, 0.2) is 36.4 Å². The van der Waals surface area contributed by atoms with Gasteiger partial charge in [-0.05, 0) is 110 Å². The molecule has 194 valence electrons. The number of aromatic amines is 2. The van der Waals surface area contributed by atoms with Crippen LogP contribution in [0.5, 0.6) is 0 Å². The van der Waals surface area contributed by atoms with Gasteiger partial charge in [0, 0.05) is 34.9 Å². The molecule has 0 spiro atoms. The molecule has 3 aromatic heterocycles. The normalized spacial score (nSPS) is 13.4. The van der Waals surface area contributed by atoms with Gasteiger partial charge in [0.2, 0.25) is 11.8 Å². The number of nitrogens with zero attached hydrogens (tertiary/aromatic N) is 2. The Morgan fingerprint density at radius 2 is 1.08 bits per heavy atom. The van der Waals surface area contributed by atoms with E-state index in [1.54, 1.807) is 0 Å². The van der Waals surface area contributed by atoms with E-state index in [-0.39, 0.29) is 24.7 Å². The third kappa shape index (κ3) is 4.89. The summed E-state index contributed by atoms with van der Waals surface area (Å²) in [6.45, 7) is 8.18. The summed E-state index contributed by atoms with van der Waals surface area (Å²) in [7, 11) is 0. The van der Waals surface area contributed by atoms with Gasteiger partial charge in [0.15, 0.2) is 0 Å². The average molecular weight is 509 g/mol. The number of aryl methyl sites for hydroxylation is 2. The molecule has 0 saturated heterocycles. The fraction of sp³-hybridized carbons (Fsp3) is 0.267. The molecule has 2 amide bonds. The number of hydrogen-bond donors (Lipinski definition) is 4. The molecule has 2 aliphatic rings. The first-order valence-corrected chi connectivity index (χ1v) is 12.8. The maximum absolute atomic E-state index is 11.6. The van der Waals surface area contributed by atoms with Crippen molar-refractivity contribution in [1.82, 2.24) is 19.9 Å². The number of primary amides is 2. The first-order chi connectivity index (χ1) is 18.1. The van der Waals surface area contributed by atoms with Crippen molar-refractivity contribution in [2.75, 3.05) is 0 Å². The van der Waals surface area contributed by atoms with E-state index in [2.05, 4.69) is 42.0 Å². The molecule has 0 fully saturated rings. The highest BCUT2D eigenvalue weighted by atomic mass is 16.1. The van der Waals surface area contributed by atoms with Crippen LogP contribution in [0.2, 0.25) is 0 Å². The Hall–Kier alpha value is -4.46. The van der Waals surface area contributed by atoms with E-state index < -0.39 is 0 Å². The number of nitrogens with one attached hydrogen (secondary N) is 2. The summed E-state index contributed by atoms with van der Waals surface area (Å²) in [5.41, 5.74) is 24.2. The lowest BCUT2D eigenvalue weighted by Gasteiger charge is -2.05. The molecule has 38 heavy (non-hydrogen) atoms. The zero-order chi connectivity index (χ0) is 27.1. The van der Waals surface area contributed by atoms with E-state index >= 15 is 0 Å². The molecule has 2 aliphatic heterocycles. The number of aromatic nitrogens is 4. The van der Waals surface area contributed by atoms with Crippen molar-refractivity contribution < 1.29 is 9.59 Å². The molecule has 0 saturated carbocycles. The lowest BCUT2D eigenvalue weighted by molar-refractivity contribution is -0.118. The van der Waals surface area contributed by atoms with Crippen molar-refractivity contribution in [2.45, 2.75) is 53.4 Å². The fourth-order valence-electron chi connectivity index (χ4n) is 5.13. The van der Waals surface area contributed by atoms with Crippen LogP contribution in [0, 0.1) is 13.8 Å². The average Bonchev–Trinajstić information content (AvgIpc) is 3.53. The number of carbonyl (C=O) groups is 2. The second kappa shape index (κ2) is 9.78. The van der Waals surface area contributed by atoms with Crippen molar-refractivity contribution in [1.29, 1.82) is 0 Å². The smallest absolute Gasteiger partial charge is 0.217 e. The predicted octanol–water partition coefficient (Wildman–Crippen LogP) is 5.32. The van der Waals surface area contributed by atoms with Crippen LogP contribution < -0.4 is 11.5 Å². The Kier molecular flexibility index (Phi) is 6.48. The summed E-state index contributed by atoms with van der Waals surface area (Å²) >= 11 is 0. The number of nitrogens with two attached hydrogens (primary N) is 2. The van der Waals surface area contributed by atoms with Crippen LogP contribution in [-0.2, 0) is 9.59 Å². The summed E-state index contributed by atoms with van der Waals surface area (Å²) < 4.78 is 0. The summed E-state index contributed by atoms with van der Waals surface area (Å²) in [4.78, 5) is 40.2. The number of rotatable bonds is 6. The Bertz CT molecular complexity index is 1720. The highest BCUT2D eigenvalue weighted by Crippen LogP contribution is 2.37. The number of carbonyl (C=O) groups excluding carboxylic acids is 2. The molecule has 0 unspecified atom stereocenters. The van der Waals surface area contributed by atoms with Crippen LogP contribution in [0.1, 0.15) is 73.4 Å². The van der Waals surface area contributed by atoms with E-state index in [9.17, 15) is 9.59 Å². The van der Waals surface area contributed by atoms with Crippen molar-refractivity contribution in [3.8, 4) is 0 Å². The Morgan fingerprint density at radius 1 is 0.632 bits per heavy atom. The molecule has 5 heterocycles. The van der Waals surface area contributed by atoms with Crippen LogP contribution >= 0.6 is 0 Å². The van der Waals surface area contributed by atoms with Gasteiger partial charge in [-0.25, -0.2) is 9.97 Å². The summed E-state index contributed by atoms with van der Waals surface area (Å²) in [6.07, 6.45) is 1.41. The van der Waals surface area contributed by atoms with Gasteiger partial charge < -0.3 is 21.4 Å². The molecule has 8 bridgehead atoms. The molecular weight excluding hydrogens is 476 g/mol. The van der Waals surface area contributed by atoms with E-state index in [1.165, 1.54) is 0 Å². The van der Waals surface area contributed by atoms with Gasteiger partial charge in [0.1, 0.15) is 0 Å². The minimum absolute atomic E-state index is 0.225. The first kappa shape index (κ1) is 25.2. The van der Waals surface area contributed by atoms with Crippen molar-refractivity contribution in [3.05, 3.63) is 70.3 Å². The third-order valence-corrected chi connectivity index (χ3v) is 7.31. The number of fused-ring (bicyclic) bond motifs is 8. The van der Waals surface area contributed by atoms with Gasteiger partial charge in [0.25, 0.3) is 0 Å². The second-order valence-corrected chi connectivity index (χ2v) is 10.1. The molecule has 8 heteroatoms. The van der Waals surface area contributed by atoms with E-state index in [0.29, 0.717) is 12.8 Å². The quantitative estimate of drug-likeness (QED) is 0.357. The number of amides is 2. The van der Waals surface area contributed by atoms with Gasteiger partial charge in [-0.2, -0.15) is 0 Å². The van der Waals surface area contributed by atoms with Crippen molar-refractivity contribution in [2.24, 2.45) is 11.5 Å². The van der Waals surface area contributed by atoms with Crippen LogP contribution in [0.4, 0.5) is 0 Å². The number of allylic oxidation sites excluding steroid dienone is 4. The topological polar surface area (TPSA) is 144 Å². The lowest BCUT2D eigenvalue weighted by Crippen LogP contribution is -2.10. The maximum atomic E-state index is 11.6. The first-order valence-electron chi connectivity index (χ1n) is 12.8. The molecular formula is C30H32N6O2. The van der Waals surface area contributed by atoms with Gasteiger partial charge in [0.05, 0.1) is 22.8 Å². The zero-order valence-electron chi connectivity index (χ0n) is 22.2. The van der Waals surface area contributed by atoms with E-state index in [0.717, 1.165) is 78.3 Å². The SMILES string of the molecule is CC1=C(CCC(N)=O)c2cc3nc(cc4[nH]c(cc4C)cc4[nH]c(cc1n2)cc4C)C(C)=C3CCC(N)=O. The largest absolute Gasteiger partial charge is 0.370 e. The molecule has 0 radical (unpaired) electrons. The standard InChI is InChI=1S/C30H32N6O2/c1-15-9-20-12-25-17(3)21(5-7-29(31)37)27(35-25)14-28-22(6-8-30(32)38)18(4)26(36-28)13-24-16(2)10-19(34-24)11-23(15)33-20/h9-14,33-34H,5-8H2,1-4H3,(H2,31,37)(H2,32,38). The number of hydrogen-bond acceptors (Lipinski definition) is 4. The minimum atomic E-state index is -0.359. The van der Waals surface area contributed by atoms with Crippen molar-refractivity contribution in [3.63, 3.8) is 0 Å². The summed E-state index contributed by atoms with van der Waals surface area (Å²) in [5.74, 6) is -0.718.